The number of anilines is 1. The summed E-state index contributed by atoms with van der Waals surface area (Å²) in [5.41, 5.74) is 3.21. The summed E-state index contributed by atoms with van der Waals surface area (Å²) < 4.78 is 31.2. The molecule has 7 heterocycles. The molecule has 17 atom stereocenters. The summed E-state index contributed by atoms with van der Waals surface area (Å²) in [5, 5.41) is 125. The van der Waals surface area contributed by atoms with E-state index in [1.54, 1.807) is 17.7 Å². The minimum absolute atomic E-state index is 0.0403. The van der Waals surface area contributed by atoms with Crippen molar-refractivity contribution in [3.05, 3.63) is 89.4 Å². The number of aromatic nitrogens is 7. The number of rotatable bonds is 22. The molecule has 3 aliphatic heterocycles. The van der Waals surface area contributed by atoms with E-state index in [4.69, 9.17) is 39.6 Å². The van der Waals surface area contributed by atoms with Crippen LogP contribution in [0.25, 0.3) is 17.1 Å². The minimum atomic E-state index is -2.04. The number of amides is 1. The molecule has 33 heteroatoms. The maximum atomic E-state index is 13.4. The third-order valence-electron chi connectivity index (χ3n) is 14.4. The molecule has 1 amide bonds. The molecular weight excluding hydrogens is 1130 g/mol. The Morgan fingerprint density at radius 3 is 1.86 bits per heavy atom. The Hall–Kier alpha value is -7.55. The van der Waals surface area contributed by atoms with Crippen LogP contribution in [0.1, 0.15) is 55.7 Å². The maximum absolute atomic E-state index is 13.4. The number of aromatic amines is 2. The summed E-state index contributed by atoms with van der Waals surface area (Å²) in [6.07, 6.45) is -18.1. The van der Waals surface area contributed by atoms with E-state index in [1.807, 2.05) is 0 Å². The van der Waals surface area contributed by atoms with Crippen molar-refractivity contribution >= 4 is 40.8 Å². The number of nitrogens with zero attached hydrogens (tertiary/aromatic N) is 5. The summed E-state index contributed by atoms with van der Waals surface area (Å²) in [7, 11) is 0. The van der Waals surface area contributed by atoms with Gasteiger partial charge in [-0.05, 0) is 24.3 Å². The Labute approximate surface area is 479 Å². The number of aliphatic hydroxyl groups is 10. The Morgan fingerprint density at radius 1 is 0.706 bits per heavy atom. The molecule has 17 N–H and O–H groups in total. The number of carboxylic acid groups (broad SMARTS) is 2. The van der Waals surface area contributed by atoms with Crippen LogP contribution in [0.2, 0.25) is 0 Å². The molecule has 7 rings (SSSR count). The number of nitrogens with two attached hydrogens (primary N) is 1. The zero-order valence-electron chi connectivity index (χ0n) is 45.1. The number of aliphatic hydroxyl groups excluding tert-OH is 10. The smallest absolute Gasteiger partial charge is 0.328 e. The van der Waals surface area contributed by atoms with Crippen molar-refractivity contribution in [2.24, 2.45) is 11.8 Å². The SMILES string of the molecule is C[C@H](Cn1cc(/C=C/C(=O)NC2[C@@H](O)[C@H](O)C(COC3OC(COC4OC(CO)[C@@H](O)[C@H](O)C4O)[C@@H](O)[C@H](O)C3O)O[C@@H]2O)c(=O)[nH]c1=O)C(CCn1cc(C#CCCC(=O)O)c2c(N)ncnc21)Cn1cc(C#CCCC(=O)O)c(=O)[nH]c1=O. The number of carbonyl (C=O) groups is 3. The van der Waals surface area contributed by atoms with Gasteiger partial charge < -0.3 is 101 Å². The normalized spacial score (nSPS) is 28.4. The molecule has 4 aromatic heterocycles. The van der Waals surface area contributed by atoms with Gasteiger partial charge in [-0.3, -0.25) is 43.1 Å². The molecule has 462 valence electrons. The van der Waals surface area contributed by atoms with Gasteiger partial charge in [0.1, 0.15) is 96.5 Å². The molecule has 9 unspecified atom stereocenters. The zero-order valence-corrected chi connectivity index (χ0v) is 45.1. The summed E-state index contributed by atoms with van der Waals surface area (Å²) in [5.74, 6) is 6.70. The zero-order chi connectivity index (χ0) is 62.0. The molecule has 0 aliphatic carbocycles. The minimum Gasteiger partial charge on any atom is -0.481 e. The first-order valence-corrected chi connectivity index (χ1v) is 26.5. The fourth-order valence-corrected chi connectivity index (χ4v) is 9.55. The third kappa shape index (κ3) is 16.1. The highest BCUT2D eigenvalue weighted by molar-refractivity contribution is 5.92. The van der Waals surface area contributed by atoms with Crippen molar-refractivity contribution in [2.45, 2.75) is 151 Å². The predicted molar refractivity (Wildman–Crippen MR) is 286 cm³/mol. The van der Waals surface area contributed by atoms with Crippen LogP contribution in [-0.4, -0.2) is 225 Å². The number of H-pyrrole nitrogens is 2. The fourth-order valence-electron chi connectivity index (χ4n) is 9.55. The quantitative estimate of drug-likeness (QED) is 0.0257. The molecule has 3 aliphatic rings. The molecule has 0 spiro atoms. The van der Waals surface area contributed by atoms with Crippen molar-refractivity contribution < 1.29 is 99.3 Å². The number of aliphatic carboxylic acids is 2. The van der Waals surface area contributed by atoms with E-state index in [1.165, 1.54) is 17.1 Å². The van der Waals surface area contributed by atoms with Gasteiger partial charge in [-0.1, -0.05) is 30.6 Å². The second-order valence-corrected chi connectivity index (χ2v) is 20.4. The van der Waals surface area contributed by atoms with Crippen molar-refractivity contribution in [3.63, 3.8) is 0 Å². The number of aryl methyl sites for hydroxylation is 1. The van der Waals surface area contributed by atoms with Gasteiger partial charge in [0.25, 0.3) is 11.1 Å². The predicted octanol–water partition coefficient (Wildman–Crippen LogP) is -7.23. The Balaban J connectivity index is 1.02. The van der Waals surface area contributed by atoms with Crippen LogP contribution in [0.4, 0.5) is 5.82 Å². The van der Waals surface area contributed by atoms with E-state index < -0.39 is 164 Å². The number of ether oxygens (including phenoxy) is 5. The fraction of sp³-hybridized carbons (Fsp3) is 0.558. The van der Waals surface area contributed by atoms with Gasteiger partial charge >= 0.3 is 23.3 Å². The van der Waals surface area contributed by atoms with Crippen LogP contribution in [0, 0.1) is 35.5 Å². The second kappa shape index (κ2) is 29.0. The van der Waals surface area contributed by atoms with E-state index in [0.717, 1.165) is 22.9 Å². The number of fused-ring (bicyclic) bond motifs is 1. The van der Waals surface area contributed by atoms with E-state index in [9.17, 15) is 84.6 Å². The Bertz CT molecular complexity index is 3430. The molecule has 0 radical (unpaired) electrons. The molecule has 3 saturated heterocycles. The average Bonchev–Trinajstić information content (AvgIpc) is 2.51. The molecule has 33 nitrogen and oxygen atoms in total. The van der Waals surface area contributed by atoms with Gasteiger partial charge in [-0.25, -0.2) is 19.6 Å². The van der Waals surface area contributed by atoms with Crippen LogP contribution < -0.4 is 33.5 Å². The summed E-state index contributed by atoms with van der Waals surface area (Å²) in [4.78, 5) is 101. The highest BCUT2D eigenvalue weighted by Gasteiger charge is 2.49. The molecule has 0 aromatic carbocycles. The van der Waals surface area contributed by atoms with Crippen LogP contribution in [-0.2, 0) is 57.7 Å². The Morgan fingerprint density at radius 2 is 1.25 bits per heavy atom. The van der Waals surface area contributed by atoms with E-state index >= 15 is 0 Å². The van der Waals surface area contributed by atoms with Gasteiger partial charge in [0.05, 0.1) is 49.2 Å². The van der Waals surface area contributed by atoms with Gasteiger partial charge in [-0.15, -0.1) is 0 Å². The Kier molecular flexibility index (Phi) is 22.2. The van der Waals surface area contributed by atoms with Crippen LogP contribution >= 0.6 is 0 Å². The lowest BCUT2D eigenvalue weighted by Gasteiger charge is -2.44. The lowest BCUT2D eigenvalue weighted by atomic mass is 9.90. The van der Waals surface area contributed by atoms with Crippen LogP contribution in [0.3, 0.4) is 0 Å². The van der Waals surface area contributed by atoms with Crippen molar-refractivity contribution in [1.82, 2.24) is 39.0 Å². The topological polar surface area (TPSA) is 519 Å². The number of hydrogen-bond acceptors (Lipinski definition) is 25. The lowest BCUT2D eigenvalue weighted by molar-refractivity contribution is -0.337. The molecule has 4 aromatic rings. The summed E-state index contributed by atoms with van der Waals surface area (Å²) in [6, 6.07) is -1.72. The highest BCUT2D eigenvalue weighted by atomic mass is 16.7. The molecule has 85 heavy (non-hydrogen) atoms. The standard InChI is InChI=1S/C52H65N9O24/c1-23(24(15-61-17-26(46(76)57-52(61)80)7-3-5-9-33(66)67)12-13-59-16-25(6-2-4-8-32(64)65)34-44(53)54-22-55-45(34)59)14-60-18-27(47(77)58-51(60)79)10-11-31(63)56-35-39(71)37(69)29(83-48(35)78)20-81-50-43(75)41(73)38(70)30(85-50)21-82-49-42(74)40(72)36(68)28(19-62)84-49/h10-11,16-18,22-24,28-30,35-43,48-50,62,68-75,78H,4-5,8-9,12-15,19-21H2,1H3,(H,56,63)(H,64,65)(H,66,67)(H2,53,54,55)(H,57,76,80)(H,58,77,79)/b11-10+/t23-,24?,28?,29?,30?,35?,36-,37-,38-,39-,40+,41+,42?,43?,48+,49?,50?/m1/s1. The summed E-state index contributed by atoms with van der Waals surface area (Å²) in [6.45, 7) is -0.531. The number of carboxylic acids is 2. The number of hydrogen-bond donors (Lipinski definition) is 16. The number of nitrogen functional groups attached to an aromatic ring is 1. The number of nitrogens with one attached hydrogen (secondary N) is 3. The second-order valence-electron chi connectivity index (χ2n) is 20.4. The highest BCUT2D eigenvalue weighted by Crippen LogP contribution is 2.29. The molecular formula is C52H65N9O24. The van der Waals surface area contributed by atoms with E-state index in [-0.39, 0.29) is 68.7 Å². The first-order chi connectivity index (χ1) is 40.4. The van der Waals surface area contributed by atoms with Crippen LogP contribution in [0.5, 0.6) is 0 Å². The molecule has 0 bridgehead atoms. The van der Waals surface area contributed by atoms with Gasteiger partial charge in [-0.2, -0.15) is 0 Å². The maximum Gasteiger partial charge on any atom is 0.328 e. The third-order valence-corrected chi connectivity index (χ3v) is 14.4. The summed E-state index contributed by atoms with van der Waals surface area (Å²) >= 11 is 0. The van der Waals surface area contributed by atoms with E-state index in [0.29, 0.717) is 16.6 Å². The average molecular weight is 1200 g/mol. The van der Waals surface area contributed by atoms with E-state index in [2.05, 4.69) is 48.9 Å². The van der Waals surface area contributed by atoms with Gasteiger partial charge in [0.15, 0.2) is 18.9 Å². The lowest BCUT2D eigenvalue weighted by Crippen LogP contribution is -2.65. The van der Waals surface area contributed by atoms with Crippen molar-refractivity contribution in [3.8, 4) is 23.7 Å². The van der Waals surface area contributed by atoms with Crippen LogP contribution in [0.15, 0.2) is 50.2 Å². The van der Waals surface area contributed by atoms with Gasteiger partial charge in [0, 0.05) is 57.1 Å². The molecule has 3 fully saturated rings. The van der Waals surface area contributed by atoms with Gasteiger partial charge in [0.2, 0.25) is 5.91 Å². The van der Waals surface area contributed by atoms with Crippen molar-refractivity contribution in [2.75, 3.05) is 25.6 Å². The number of carbonyl (C=O) groups excluding carboxylic acids is 1. The molecule has 0 saturated carbocycles. The largest absolute Gasteiger partial charge is 0.481 e. The monoisotopic (exact) mass is 1200 g/mol. The first kappa shape index (κ1) is 65.0. The first-order valence-electron chi connectivity index (χ1n) is 26.5. The van der Waals surface area contributed by atoms with Crippen molar-refractivity contribution in [1.29, 1.82) is 0 Å².